The Bertz CT molecular complexity index is 1350. The molecule has 3 aromatic heterocycles. The van der Waals surface area contributed by atoms with E-state index >= 15 is 0 Å². The molecule has 4 rings (SSSR count). The molecule has 0 spiro atoms. The third-order valence-corrected chi connectivity index (χ3v) is 5.10. The number of pyridine rings is 2. The summed E-state index contributed by atoms with van der Waals surface area (Å²) in [5.74, 6) is 1.23. The Labute approximate surface area is 207 Å². The van der Waals surface area contributed by atoms with Gasteiger partial charge in [-0.25, -0.2) is 15.0 Å². The van der Waals surface area contributed by atoms with Crippen LogP contribution in [0.4, 0.5) is 17.3 Å². The van der Waals surface area contributed by atoms with Gasteiger partial charge in [-0.05, 0) is 50.5 Å². The molecule has 9 nitrogen and oxygen atoms in total. The zero-order chi connectivity index (χ0) is 24.6. The summed E-state index contributed by atoms with van der Waals surface area (Å²) in [6.07, 6.45) is 8.00. The number of rotatable bonds is 9. The number of fused-ring (bicyclic) bond motifs is 1. The van der Waals surface area contributed by atoms with Crippen molar-refractivity contribution in [1.29, 1.82) is 0 Å². The van der Waals surface area contributed by atoms with E-state index in [2.05, 4.69) is 30.6 Å². The van der Waals surface area contributed by atoms with Crippen molar-refractivity contribution in [1.82, 2.24) is 24.8 Å². The van der Waals surface area contributed by atoms with Crippen molar-refractivity contribution >= 4 is 45.7 Å². The molecule has 1 amide bonds. The largest absolute Gasteiger partial charge is 0.486 e. The molecule has 0 aliphatic heterocycles. The molecule has 0 aliphatic carbocycles. The molecule has 0 aliphatic rings. The van der Waals surface area contributed by atoms with Crippen LogP contribution in [0.5, 0.6) is 5.75 Å². The first-order chi connectivity index (χ1) is 17.0. The lowest BCUT2D eigenvalue weighted by atomic mass is 10.2. The van der Waals surface area contributed by atoms with E-state index in [1.54, 1.807) is 36.7 Å². The summed E-state index contributed by atoms with van der Waals surface area (Å²) in [4.78, 5) is 31.3. The summed E-state index contributed by atoms with van der Waals surface area (Å²) < 4.78 is 5.79. The minimum atomic E-state index is -0.266. The number of likely N-dealkylation sites (N-methyl/N-ethyl adjacent to an activating group) is 1. The fraction of sp³-hybridized carbons (Fsp3) is 0.160. The topological polar surface area (TPSA) is 105 Å². The fourth-order valence-electron chi connectivity index (χ4n) is 3.13. The van der Waals surface area contributed by atoms with Gasteiger partial charge in [-0.1, -0.05) is 23.7 Å². The maximum atomic E-state index is 12.2. The molecule has 3 heterocycles. The molecule has 0 radical (unpaired) electrons. The average molecular weight is 490 g/mol. The highest BCUT2D eigenvalue weighted by Crippen LogP contribution is 2.31. The third-order valence-electron chi connectivity index (χ3n) is 4.81. The zero-order valence-corrected chi connectivity index (χ0v) is 20.0. The number of hydrogen-bond acceptors (Lipinski definition) is 8. The smallest absolute Gasteiger partial charge is 0.249 e. The van der Waals surface area contributed by atoms with E-state index in [0.717, 1.165) is 5.69 Å². The molecule has 1 aromatic carbocycles. The highest BCUT2D eigenvalue weighted by Gasteiger charge is 2.10. The Morgan fingerprint density at radius 1 is 1.11 bits per heavy atom. The minimum absolute atomic E-state index is 0.266. The number of anilines is 3. The van der Waals surface area contributed by atoms with Crippen LogP contribution >= 0.6 is 11.6 Å². The molecule has 178 valence electrons. The van der Waals surface area contributed by atoms with Gasteiger partial charge in [0.25, 0.3) is 0 Å². The maximum Gasteiger partial charge on any atom is 0.249 e. The quantitative estimate of drug-likeness (QED) is 0.332. The SMILES string of the molecule is CN(C)C/C=C/C(=O)Nc1cc2c(Nc3ccc(OCc4ccccn4)c(Cl)c3)ncnc2cn1. The molecule has 0 saturated carbocycles. The monoisotopic (exact) mass is 489 g/mol. The standard InChI is InChI=1S/C25H24ClN7O2/c1-33(2)11-5-7-24(34)32-23-13-19-21(14-28-23)29-16-30-25(19)31-17-8-9-22(20(26)12-17)35-15-18-6-3-4-10-27-18/h3-10,12-14,16H,11,15H2,1-2H3,(H,28,32,34)(H,29,30,31)/b7-5+. The molecule has 4 aromatic rings. The van der Waals surface area contributed by atoms with Crippen molar-refractivity contribution in [2.75, 3.05) is 31.3 Å². The van der Waals surface area contributed by atoms with E-state index < -0.39 is 0 Å². The first-order valence-electron chi connectivity index (χ1n) is 10.8. The van der Waals surface area contributed by atoms with Crippen LogP contribution in [0.15, 0.2) is 73.3 Å². The van der Waals surface area contributed by atoms with Gasteiger partial charge in [0.2, 0.25) is 5.91 Å². The lowest BCUT2D eigenvalue weighted by molar-refractivity contribution is -0.111. The second kappa shape index (κ2) is 11.4. The number of ether oxygens (including phenoxy) is 1. The van der Waals surface area contributed by atoms with Crippen molar-refractivity contribution in [3.05, 3.63) is 84.1 Å². The number of amides is 1. The van der Waals surface area contributed by atoms with Gasteiger partial charge in [0.05, 0.1) is 22.4 Å². The minimum Gasteiger partial charge on any atom is -0.486 e. The Balaban J connectivity index is 1.48. The Morgan fingerprint density at radius 2 is 2.00 bits per heavy atom. The van der Waals surface area contributed by atoms with Gasteiger partial charge >= 0.3 is 0 Å². The van der Waals surface area contributed by atoms with Gasteiger partial charge in [0.15, 0.2) is 0 Å². The molecule has 0 bridgehead atoms. The molecule has 35 heavy (non-hydrogen) atoms. The highest BCUT2D eigenvalue weighted by atomic mass is 35.5. The number of carbonyl (C=O) groups excluding carboxylic acids is 1. The van der Waals surface area contributed by atoms with E-state index in [1.807, 2.05) is 43.3 Å². The van der Waals surface area contributed by atoms with Crippen LogP contribution in [-0.2, 0) is 11.4 Å². The lowest BCUT2D eigenvalue weighted by Crippen LogP contribution is -2.13. The van der Waals surface area contributed by atoms with E-state index in [9.17, 15) is 4.79 Å². The van der Waals surface area contributed by atoms with Gasteiger partial charge in [-0.2, -0.15) is 0 Å². The van der Waals surface area contributed by atoms with Crippen molar-refractivity contribution in [2.24, 2.45) is 0 Å². The van der Waals surface area contributed by atoms with Crippen LogP contribution in [0, 0.1) is 0 Å². The second-order valence-electron chi connectivity index (χ2n) is 7.84. The number of nitrogens with zero attached hydrogens (tertiary/aromatic N) is 5. The van der Waals surface area contributed by atoms with Gasteiger partial charge in [-0.15, -0.1) is 0 Å². The number of aromatic nitrogens is 4. The first kappa shape index (κ1) is 24.1. The predicted molar refractivity (Wildman–Crippen MR) is 137 cm³/mol. The van der Waals surface area contributed by atoms with Gasteiger partial charge in [0, 0.05) is 29.9 Å². The van der Waals surface area contributed by atoms with Crippen LogP contribution in [0.3, 0.4) is 0 Å². The fourth-order valence-corrected chi connectivity index (χ4v) is 3.37. The maximum absolute atomic E-state index is 12.2. The van der Waals surface area contributed by atoms with E-state index in [4.69, 9.17) is 16.3 Å². The van der Waals surface area contributed by atoms with Crippen molar-refractivity contribution in [2.45, 2.75) is 6.61 Å². The summed E-state index contributed by atoms with van der Waals surface area (Å²) >= 11 is 6.44. The number of halogens is 1. The van der Waals surface area contributed by atoms with Crippen LogP contribution < -0.4 is 15.4 Å². The molecule has 0 fully saturated rings. The van der Waals surface area contributed by atoms with Crippen molar-refractivity contribution < 1.29 is 9.53 Å². The van der Waals surface area contributed by atoms with Gasteiger partial charge in [0.1, 0.15) is 30.3 Å². The predicted octanol–water partition coefficient (Wildman–Crippen LogP) is 4.45. The van der Waals surface area contributed by atoms with Crippen LogP contribution in [-0.4, -0.2) is 51.4 Å². The summed E-state index contributed by atoms with van der Waals surface area (Å²) in [7, 11) is 3.86. The molecule has 0 unspecified atom stereocenters. The van der Waals surface area contributed by atoms with Gasteiger partial charge in [-0.3, -0.25) is 9.78 Å². The molecule has 10 heteroatoms. The average Bonchev–Trinajstić information content (AvgIpc) is 2.84. The lowest BCUT2D eigenvalue weighted by Gasteiger charge is -2.12. The Kier molecular flexibility index (Phi) is 7.81. The summed E-state index contributed by atoms with van der Waals surface area (Å²) in [6.45, 7) is 0.978. The highest BCUT2D eigenvalue weighted by molar-refractivity contribution is 6.32. The van der Waals surface area contributed by atoms with Crippen LogP contribution in [0.1, 0.15) is 5.69 Å². The van der Waals surface area contributed by atoms with Gasteiger partial charge < -0.3 is 20.3 Å². The van der Waals surface area contributed by atoms with Crippen molar-refractivity contribution in [3.8, 4) is 5.75 Å². The summed E-state index contributed by atoms with van der Waals surface area (Å²) in [5, 5.41) is 7.16. The first-order valence-corrected chi connectivity index (χ1v) is 11.2. The van der Waals surface area contributed by atoms with E-state index in [0.29, 0.717) is 52.1 Å². The number of carbonyl (C=O) groups is 1. The van der Waals surface area contributed by atoms with E-state index in [1.165, 1.54) is 12.4 Å². The van der Waals surface area contributed by atoms with Crippen LogP contribution in [0.2, 0.25) is 5.02 Å². The summed E-state index contributed by atoms with van der Waals surface area (Å²) in [5.41, 5.74) is 2.15. The Hall–Kier alpha value is -4.08. The number of benzene rings is 1. The number of hydrogen-bond donors (Lipinski definition) is 2. The molecular formula is C25H24ClN7O2. The molecular weight excluding hydrogens is 466 g/mol. The summed E-state index contributed by atoms with van der Waals surface area (Å²) in [6, 6.07) is 12.7. The van der Waals surface area contributed by atoms with Crippen LogP contribution in [0.25, 0.3) is 10.9 Å². The second-order valence-corrected chi connectivity index (χ2v) is 8.25. The Morgan fingerprint density at radius 3 is 2.77 bits per heavy atom. The molecule has 2 N–H and O–H groups in total. The molecule has 0 saturated heterocycles. The normalized spacial score (nSPS) is 11.2. The number of nitrogens with one attached hydrogen (secondary N) is 2. The van der Waals surface area contributed by atoms with E-state index in [-0.39, 0.29) is 5.91 Å². The van der Waals surface area contributed by atoms with Crippen molar-refractivity contribution in [3.63, 3.8) is 0 Å². The third kappa shape index (κ3) is 6.72. The molecule has 0 atom stereocenters. The zero-order valence-electron chi connectivity index (χ0n) is 19.3.